The summed E-state index contributed by atoms with van der Waals surface area (Å²) in [6.45, 7) is 0. The minimum atomic E-state index is -1.16. The Morgan fingerprint density at radius 1 is 1.00 bits per heavy atom. The number of hydrogen-bond donors (Lipinski definition) is 4. The van der Waals surface area contributed by atoms with Crippen LogP contribution in [-0.2, 0) is 15.3 Å². The Hall–Kier alpha value is -3.56. The molecule has 39 heavy (non-hydrogen) atoms. The maximum atomic E-state index is 14.4. The highest BCUT2D eigenvalue weighted by atomic mass is 19.1. The number of aromatic nitrogens is 1. The molecule has 2 atom stereocenters. The fourth-order valence-corrected chi connectivity index (χ4v) is 6.64. The van der Waals surface area contributed by atoms with Gasteiger partial charge in [0.1, 0.15) is 5.82 Å². The van der Waals surface area contributed by atoms with Gasteiger partial charge < -0.3 is 30.5 Å². The number of carbonyl (C=O) groups excluding carboxylic acids is 1. The second-order valence-electron chi connectivity index (χ2n) is 10.9. The van der Waals surface area contributed by atoms with E-state index in [4.69, 9.17) is 9.47 Å². The fourth-order valence-electron chi connectivity index (χ4n) is 6.64. The largest absolute Gasteiger partial charge is 0.481 e. The first-order valence-corrected chi connectivity index (χ1v) is 13.8. The predicted molar refractivity (Wildman–Crippen MR) is 144 cm³/mol. The number of fused-ring (bicyclic) bond motifs is 1. The summed E-state index contributed by atoms with van der Waals surface area (Å²) in [7, 11) is 3.05. The molecule has 0 spiro atoms. The van der Waals surface area contributed by atoms with Gasteiger partial charge in [-0.15, -0.1) is 0 Å². The summed E-state index contributed by atoms with van der Waals surface area (Å²) in [6, 6.07) is 7.96. The van der Waals surface area contributed by atoms with Gasteiger partial charge in [0, 0.05) is 12.1 Å². The maximum Gasteiger partial charge on any atom is 0.306 e. The van der Waals surface area contributed by atoms with Crippen molar-refractivity contribution in [2.75, 3.05) is 24.9 Å². The van der Waals surface area contributed by atoms with Gasteiger partial charge in [-0.1, -0.05) is 19.3 Å². The van der Waals surface area contributed by atoms with E-state index in [1.165, 1.54) is 26.4 Å². The highest BCUT2D eigenvalue weighted by molar-refractivity contribution is 5.87. The van der Waals surface area contributed by atoms with E-state index in [-0.39, 0.29) is 29.6 Å². The van der Waals surface area contributed by atoms with Crippen LogP contribution >= 0.6 is 0 Å². The van der Waals surface area contributed by atoms with Crippen LogP contribution in [0.2, 0.25) is 0 Å². The molecule has 10 heteroatoms. The summed E-state index contributed by atoms with van der Waals surface area (Å²) in [5, 5.41) is 19.7. The number of aliphatic carboxylic acids is 1. The standard InChI is InChI=1S/C29H37FN4O5/c1-38-24-15-13-21(27(32-24)39-2)29(33-22-14-10-19(30)16-23(22)34-29)25(17-6-4-3-5-7-17)26(35)31-20-11-8-18(9-12-20)28(36)37/h10,13-18,20,25,33-34H,3-9,11-12H2,1-2H3,(H,31,35)(H,36,37). The van der Waals surface area contributed by atoms with Crippen LogP contribution in [0, 0.1) is 23.6 Å². The normalized spacial score (nSPS) is 25.5. The number of amides is 1. The van der Waals surface area contributed by atoms with Crippen molar-refractivity contribution in [3.63, 3.8) is 0 Å². The van der Waals surface area contributed by atoms with Gasteiger partial charge in [-0.2, -0.15) is 4.98 Å². The number of benzene rings is 1. The molecule has 0 bridgehead atoms. The van der Waals surface area contributed by atoms with E-state index in [1.807, 2.05) is 6.07 Å². The van der Waals surface area contributed by atoms with Gasteiger partial charge in [0.15, 0.2) is 5.66 Å². The first-order chi connectivity index (χ1) is 18.8. The number of rotatable bonds is 8. The minimum Gasteiger partial charge on any atom is -0.481 e. The summed E-state index contributed by atoms with van der Waals surface area (Å²) in [5.74, 6) is -1.51. The molecule has 1 amide bonds. The molecule has 2 saturated carbocycles. The van der Waals surface area contributed by atoms with E-state index >= 15 is 0 Å². The smallest absolute Gasteiger partial charge is 0.306 e. The quantitative estimate of drug-likeness (QED) is 0.374. The van der Waals surface area contributed by atoms with E-state index in [0.717, 1.165) is 32.1 Å². The van der Waals surface area contributed by atoms with Gasteiger partial charge >= 0.3 is 5.97 Å². The average molecular weight is 541 g/mol. The zero-order valence-electron chi connectivity index (χ0n) is 22.5. The molecule has 1 aliphatic heterocycles. The molecule has 2 aromatic rings. The number of carboxylic acid groups (broad SMARTS) is 1. The summed E-state index contributed by atoms with van der Waals surface area (Å²) < 4.78 is 25.4. The van der Waals surface area contributed by atoms with E-state index in [1.54, 1.807) is 12.1 Å². The topological polar surface area (TPSA) is 122 Å². The number of nitrogens with zero attached hydrogens (tertiary/aromatic N) is 1. The van der Waals surface area contributed by atoms with E-state index in [0.29, 0.717) is 54.4 Å². The Morgan fingerprint density at radius 3 is 2.38 bits per heavy atom. The molecule has 9 nitrogen and oxygen atoms in total. The van der Waals surface area contributed by atoms with Crippen LogP contribution in [0.4, 0.5) is 15.8 Å². The zero-order chi connectivity index (χ0) is 27.6. The minimum absolute atomic E-state index is 0.0417. The number of hydrogen-bond acceptors (Lipinski definition) is 7. The van der Waals surface area contributed by atoms with Crippen LogP contribution in [0.3, 0.4) is 0 Å². The van der Waals surface area contributed by atoms with Crippen molar-refractivity contribution >= 4 is 23.3 Å². The van der Waals surface area contributed by atoms with E-state index in [2.05, 4.69) is 20.9 Å². The number of nitrogens with one attached hydrogen (secondary N) is 3. The zero-order valence-corrected chi connectivity index (χ0v) is 22.5. The van der Waals surface area contributed by atoms with Crippen LogP contribution in [0.25, 0.3) is 0 Å². The molecule has 1 aromatic carbocycles. The Morgan fingerprint density at radius 2 is 1.72 bits per heavy atom. The van der Waals surface area contributed by atoms with Crippen LogP contribution in [-0.4, -0.2) is 42.2 Å². The number of ether oxygens (including phenoxy) is 2. The van der Waals surface area contributed by atoms with Gasteiger partial charge in [0.2, 0.25) is 17.7 Å². The Kier molecular flexibility index (Phi) is 7.81. The number of carboxylic acids is 1. The molecule has 2 heterocycles. The van der Waals surface area contributed by atoms with Gasteiger partial charge in [-0.05, 0) is 68.7 Å². The Labute approximate surface area is 227 Å². The van der Waals surface area contributed by atoms with Gasteiger partial charge in [0.05, 0.1) is 43.0 Å². The van der Waals surface area contributed by atoms with Crippen molar-refractivity contribution < 1.29 is 28.6 Å². The lowest BCUT2D eigenvalue weighted by atomic mass is 9.71. The molecular weight excluding hydrogens is 503 g/mol. The Bertz CT molecular complexity index is 1210. The summed E-state index contributed by atoms with van der Waals surface area (Å²) >= 11 is 0. The first kappa shape index (κ1) is 27.0. The van der Waals surface area contributed by atoms with Crippen LogP contribution in [0.5, 0.6) is 11.8 Å². The number of anilines is 2. The first-order valence-electron chi connectivity index (χ1n) is 13.8. The molecule has 3 aliphatic rings. The number of methoxy groups -OCH3 is 2. The summed E-state index contributed by atoms with van der Waals surface area (Å²) in [5.41, 5.74) is 0.710. The van der Waals surface area contributed by atoms with Gasteiger partial charge in [0.25, 0.3) is 0 Å². The molecule has 1 aromatic heterocycles. The monoisotopic (exact) mass is 540 g/mol. The lowest BCUT2D eigenvalue weighted by molar-refractivity contribution is -0.142. The molecule has 5 rings (SSSR count). The van der Waals surface area contributed by atoms with Crippen molar-refractivity contribution in [2.45, 2.75) is 69.5 Å². The number of halogens is 1. The maximum absolute atomic E-state index is 14.4. The molecule has 4 N–H and O–H groups in total. The third kappa shape index (κ3) is 5.33. The predicted octanol–water partition coefficient (Wildman–Crippen LogP) is 4.88. The van der Waals surface area contributed by atoms with Crippen molar-refractivity contribution in [1.82, 2.24) is 10.3 Å². The van der Waals surface area contributed by atoms with Crippen molar-refractivity contribution in [1.29, 1.82) is 0 Å². The highest BCUT2D eigenvalue weighted by Gasteiger charge is 2.54. The second-order valence-corrected chi connectivity index (χ2v) is 10.9. The van der Waals surface area contributed by atoms with Crippen LogP contribution < -0.4 is 25.4 Å². The Balaban J connectivity index is 1.56. The lowest BCUT2D eigenvalue weighted by Gasteiger charge is -2.44. The van der Waals surface area contributed by atoms with Crippen molar-refractivity contribution in [3.05, 3.63) is 41.7 Å². The summed E-state index contributed by atoms with van der Waals surface area (Å²) in [6.07, 6.45) is 7.24. The molecule has 0 radical (unpaired) electrons. The van der Waals surface area contributed by atoms with E-state index < -0.39 is 17.6 Å². The van der Waals surface area contributed by atoms with Crippen LogP contribution in [0.15, 0.2) is 30.3 Å². The number of pyridine rings is 1. The van der Waals surface area contributed by atoms with Crippen molar-refractivity contribution in [3.8, 4) is 11.8 Å². The second kappa shape index (κ2) is 11.3. The highest BCUT2D eigenvalue weighted by Crippen LogP contribution is 2.51. The van der Waals surface area contributed by atoms with Gasteiger partial charge in [-0.25, -0.2) is 4.39 Å². The molecular formula is C29H37FN4O5. The third-order valence-corrected chi connectivity index (χ3v) is 8.60. The van der Waals surface area contributed by atoms with Crippen LogP contribution in [0.1, 0.15) is 63.4 Å². The molecule has 2 fully saturated rings. The molecule has 210 valence electrons. The van der Waals surface area contributed by atoms with Crippen molar-refractivity contribution in [2.24, 2.45) is 17.8 Å². The third-order valence-electron chi connectivity index (χ3n) is 8.60. The SMILES string of the molecule is COc1ccc(C2(C(C(=O)NC3CCC(C(=O)O)CC3)C3CCCCC3)Nc3ccc(F)cc3N2)c(OC)n1. The number of carbonyl (C=O) groups is 2. The summed E-state index contributed by atoms with van der Waals surface area (Å²) in [4.78, 5) is 30.3. The molecule has 2 aliphatic carbocycles. The van der Waals surface area contributed by atoms with E-state index in [9.17, 15) is 19.1 Å². The van der Waals surface area contributed by atoms with Gasteiger partial charge in [-0.3, -0.25) is 9.59 Å². The molecule has 0 saturated heterocycles. The average Bonchev–Trinajstić information content (AvgIpc) is 3.32. The fraction of sp³-hybridized carbons (Fsp3) is 0.552. The lowest BCUT2D eigenvalue weighted by Crippen LogP contribution is -2.57. The molecule has 2 unspecified atom stereocenters.